The molecule has 0 unspecified atom stereocenters. The van der Waals surface area contributed by atoms with Crippen molar-refractivity contribution in [1.82, 2.24) is 4.90 Å². The van der Waals surface area contributed by atoms with Crippen molar-refractivity contribution in [2.75, 3.05) is 13.1 Å². The van der Waals surface area contributed by atoms with Crippen molar-refractivity contribution in [2.45, 2.75) is 32.2 Å². The van der Waals surface area contributed by atoms with Crippen LogP contribution in [0.1, 0.15) is 35.2 Å². The first-order valence-electron chi connectivity index (χ1n) is 6.41. The van der Waals surface area contributed by atoms with E-state index >= 15 is 0 Å². The number of hydrogen-bond donors (Lipinski definition) is 0. The molecular weight excluding hydrogens is 224 g/mol. The van der Waals surface area contributed by atoms with E-state index in [1.54, 1.807) is 0 Å². The lowest BCUT2D eigenvalue weighted by Gasteiger charge is -2.19. The zero-order valence-corrected chi connectivity index (χ0v) is 10.7. The highest BCUT2D eigenvalue weighted by atomic mass is 16.1. The fourth-order valence-electron chi connectivity index (χ4n) is 2.12. The number of nitriles is 1. The fraction of sp³-hybridized carbons (Fsp3) is 0.467. The number of Topliss-reactive ketones (excluding diaryl/α,β-unsaturated/α-hetero) is 1. The summed E-state index contributed by atoms with van der Waals surface area (Å²) in [5, 5.41) is 8.64. The fourth-order valence-corrected chi connectivity index (χ4v) is 2.12. The summed E-state index contributed by atoms with van der Waals surface area (Å²) in [6.07, 6.45) is 2.82. The van der Waals surface area contributed by atoms with Gasteiger partial charge in [0.1, 0.15) is 0 Å². The van der Waals surface area contributed by atoms with Crippen LogP contribution in [-0.4, -0.2) is 29.8 Å². The van der Waals surface area contributed by atoms with Gasteiger partial charge < -0.3 is 0 Å². The average Bonchev–Trinajstić information content (AvgIpc) is 3.18. The van der Waals surface area contributed by atoms with E-state index in [1.807, 2.05) is 31.2 Å². The Morgan fingerprint density at radius 3 is 2.89 bits per heavy atom. The summed E-state index contributed by atoms with van der Waals surface area (Å²) in [7, 11) is 0. The number of rotatable bonds is 6. The first-order valence-corrected chi connectivity index (χ1v) is 6.41. The Hall–Kier alpha value is -1.66. The Morgan fingerprint density at radius 2 is 2.28 bits per heavy atom. The van der Waals surface area contributed by atoms with Crippen LogP contribution in [0.2, 0.25) is 0 Å². The maximum atomic E-state index is 12.2. The molecule has 1 aromatic carbocycles. The monoisotopic (exact) mass is 242 g/mol. The Morgan fingerprint density at radius 1 is 1.50 bits per heavy atom. The number of nitrogens with zero attached hydrogens (tertiary/aromatic N) is 2. The second-order valence-electron chi connectivity index (χ2n) is 4.90. The van der Waals surface area contributed by atoms with Gasteiger partial charge >= 0.3 is 0 Å². The molecule has 94 valence electrons. The molecule has 0 bridgehead atoms. The molecule has 1 aliphatic carbocycles. The van der Waals surface area contributed by atoms with Crippen molar-refractivity contribution in [3.63, 3.8) is 0 Å². The van der Waals surface area contributed by atoms with E-state index in [2.05, 4.69) is 11.0 Å². The minimum absolute atomic E-state index is 0.156. The third-order valence-corrected chi connectivity index (χ3v) is 3.26. The number of hydrogen-bond acceptors (Lipinski definition) is 3. The minimum Gasteiger partial charge on any atom is -0.293 e. The smallest absolute Gasteiger partial charge is 0.176 e. The van der Waals surface area contributed by atoms with Gasteiger partial charge in [0, 0.05) is 24.6 Å². The summed E-state index contributed by atoms with van der Waals surface area (Å²) >= 11 is 0. The van der Waals surface area contributed by atoms with Gasteiger partial charge in [-0.3, -0.25) is 9.69 Å². The highest BCUT2D eigenvalue weighted by molar-refractivity contribution is 5.97. The van der Waals surface area contributed by atoms with Crippen LogP contribution < -0.4 is 0 Å². The molecule has 0 spiro atoms. The van der Waals surface area contributed by atoms with Crippen LogP contribution in [0.3, 0.4) is 0 Å². The molecule has 0 heterocycles. The Balaban J connectivity index is 1.98. The van der Waals surface area contributed by atoms with Gasteiger partial charge in [-0.25, -0.2) is 0 Å². The summed E-state index contributed by atoms with van der Waals surface area (Å²) in [5.41, 5.74) is 1.88. The summed E-state index contributed by atoms with van der Waals surface area (Å²) in [6, 6.07) is 10.4. The Bertz CT molecular complexity index is 472. The summed E-state index contributed by atoms with van der Waals surface area (Å²) in [5.74, 6) is 0.156. The van der Waals surface area contributed by atoms with Crippen LogP contribution in [0, 0.1) is 18.3 Å². The molecule has 1 fully saturated rings. The molecule has 3 nitrogen and oxygen atoms in total. The number of carbonyl (C=O) groups excluding carboxylic acids is 1. The first-order chi connectivity index (χ1) is 8.70. The topological polar surface area (TPSA) is 44.1 Å². The van der Waals surface area contributed by atoms with E-state index in [0.29, 0.717) is 25.6 Å². The van der Waals surface area contributed by atoms with Crippen molar-refractivity contribution < 1.29 is 4.79 Å². The van der Waals surface area contributed by atoms with Crippen molar-refractivity contribution in [1.29, 1.82) is 5.26 Å². The van der Waals surface area contributed by atoms with Crippen molar-refractivity contribution in [3.05, 3.63) is 35.4 Å². The molecule has 1 aliphatic rings. The molecule has 0 N–H and O–H groups in total. The van der Waals surface area contributed by atoms with Crippen LogP contribution in [-0.2, 0) is 0 Å². The lowest BCUT2D eigenvalue weighted by atomic mass is 10.1. The SMILES string of the molecule is Cc1cccc(C(=O)CN(CCC#N)C2CC2)c1. The molecule has 0 amide bonds. The lowest BCUT2D eigenvalue weighted by molar-refractivity contribution is 0.0926. The lowest BCUT2D eigenvalue weighted by Crippen LogP contribution is -2.32. The molecule has 0 radical (unpaired) electrons. The molecule has 2 rings (SSSR count). The predicted molar refractivity (Wildman–Crippen MR) is 70.3 cm³/mol. The zero-order chi connectivity index (χ0) is 13.0. The third-order valence-electron chi connectivity index (χ3n) is 3.26. The molecular formula is C15H18N2O. The van der Waals surface area contributed by atoms with Gasteiger partial charge in [0.25, 0.3) is 0 Å². The molecule has 3 heteroatoms. The maximum absolute atomic E-state index is 12.2. The van der Waals surface area contributed by atoms with E-state index in [1.165, 1.54) is 0 Å². The molecule has 0 aliphatic heterocycles. The van der Waals surface area contributed by atoms with Gasteiger partial charge in [0.05, 0.1) is 12.6 Å². The standard InChI is InChI=1S/C15H18N2O/c1-12-4-2-5-13(10-12)15(18)11-17(9-3-8-16)14-6-7-14/h2,4-5,10,14H,3,6-7,9,11H2,1H3. The second kappa shape index (κ2) is 5.79. The highest BCUT2D eigenvalue weighted by Crippen LogP contribution is 2.27. The average molecular weight is 242 g/mol. The molecule has 0 aromatic heterocycles. The largest absolute Gasteiger partial charge is 0.293 e. The van der Waals surface area contributed by atoms with Crippen molar-refractivity contribution >= 4 is 5.78 Å². The number of carbonyl (C=O) groups is 1. The van der Waals surface area contributed by atoms with Gasteiger partial charge in [0.15, 0.2) is 5.78 Å². The quantitative estimate of drug-likeness (QED) is 0.720. The highest BCUT2D eigenvalue weighted by Gasteiger charge is 2.29. The number of benzene rings is 1. The Labute approximate surface area is 108 Å². The van der Waals surface area contributed by atoms with Crippen molar-refractivity contribution in [2.24, 2.45) is 0 Å². The van der Waals surface area contributed by atoms with E-state index in [9.17, 15) is 4.79 Å². The molecule has 18 heavy (non-hydrogen) atoms. The number of aryl methyl sites for hydroxylation is 1. The van der Waals surface area contributed by atoms with Gasteiger partial charge in [-0.2, -0.15) is 5.26 Å². The van der Waals surface area contributed by atoms with E-state index in [0.717, 1.165) is 24.0 Å². The first kappa shape index (κ1) is 12.8. The van der Waals surface area contributed by atoms with Crippen LogP contribution in [0.15, 0.2) is 24.3 Å². The molecule has 0 atom stereocenters. The molecule has 0 saturated heterocycles. The maximum Gasteiger partial charge on any atom is 0.176 e. The Kier molecular flexibility index (Phi) is 4.11. The molecule has 1 saturated carbocycles. The zero-order valence-electron chi connectivity index (χ0n) is 10.7. The van der Waals surface area contributed by atoms with Crippen LogP contribution >= 0.6 is 0 Å². The van der Waals surface area contributed by atoms with Crippen LogP contribution in [0.25, 0.3) is 0 Å². The minimum atomic E-state index is 0.156. The summed E-state index contributed by atoms with van der Waals surface area (Å²) < 4.78 is 0. The van der Waals surface area contributed by atoms with E-state index in [-0.39, 0.29) is 5.78 Å². The van der Waals surface area contributed by atoms with Crippen LogP contribution in [0.4, 0.5) is 0 Å². The van der Waals surface area contributed by atoms with E-state index < -0.39 is 0 Å². The normalized spacial score (nSPS) is 14.5. The third kappa shape index (κ3) is 3.41. The van der Waals surface area contributed by atoms with Gasteiger partial charge in [-0.15, -0.1) is 0 Å². The molecule has 1 aromatic rings. The second-order valence-corrected chi connectivity index (χ2v) is 4.90. The van der Waals surface area contributed by atoms with Crippen molar-refractivity contribution in [3.8, 4) is 6.07 Å². The van der Waals surface area contributed by atoms with Gasteiger partial charge in [0.2, 0.25) is 0 Å². The van der Waals surface area contributed by atoms with E-state index in [4.69, 9.17) is 5.26 Å². The predicted octanol–water partition coefficient (Wildman–Crippen LogP) is 2.56. The van der Waals surface area contributed by atoms with Gasteiger partial charge in [-0.1, -0.05) is 23.8 Å². The summed E-state index contributed by atoms with van der Waals surface area (Å²) in [6.45, 7) is 3.14. The van der Waals surface area contributed by atoms with Crippen LogP contribution in [0.5, 0.6) is 0 Å². The number of ketones is 1. The summed E-state index contributed by atoms with van der Waals surface area (Å²) in [4.78, 5) is 14.3. The van der Waals surface area contributed by atoms with Gasteiger partial charge in [-0.05, 0) is 25.8 Å².